The minimum Gasteiger partial charge on any atom is -0.489 e. The van der Waals surface area contributed by atoms with Crippen LogP contribution < -0.4 is 14.4 Å². The molecule has 0 spiro atoms. The van der Waals surface area contributed by atoms with Crippen LogP contribution >= 0.6 is 11.8 Å². The summed E-state index contributed by atoms with van der Waals surface area (Å²) in [6, 6.07) is 12.9. The molecule has 8 heteroatoms. The van der Waals surface area contributed by atoms with Crippen molar-refractivity contribution >= 4 is 39.1 Å². The molecule has 2 atom stereocenters. The average molecular weight is 445 g/mol. The van der Waals surface area contributed by atoms with E-state index in [9.17, 15) is 13.2 Å². The molecule has 0 unspecified atom stereocenters. The predicted octanol–water partition coefficient (Wildman–Crippen LogP) is 3.34. The maximum atomic E-state index is 13.5. The fourth-order valence-corrected chi connectivity index (χ4v) is 7.52. The number of fused-ring (bicyclic) bond motifs is 1. The smallest absolute Gasteiger partial charge is 0.250 e. The summed E-state index contributed by atoms with van der Waals surface area (Å²) in [5.74, 6) is 2.13. The van der Waals surface area contributed by atoms with Crippen molar-refractivity contribution in [2.75, 3.05) is 27.7 Å². The van der Waals surface area contributed by atoms with Crippen LogP contribution in [0.15, 0.2) is 42.5 Å². The third-order valence-corrected chi connectivity index (χ3v) is 10.0. The molecule has 1 N–H and O–H groups in total. The van der Waals surface area contributed by atoms with Gasteiger partial charge in [0.15, 0.2) is 4.75 Å². The zero-order valence-electron chi connectivity index (χ0n) is 16.9. The number of aryl methyl sites for hydroxylation is 2. The maximum absolute atomic E-state index is 13.5. The molecule has 5 rings (SSSR count). The summed E-state index contributed by atoms with van der Waals surface area (Å²) in [7, 11) is -3.80. The van der Waals surface area contributed by atoms with E-state index in [0.717, 1.165) is 28.4 Å². The van der Waals surface area contributed by atoms with Crippen molar-refractivity contribution in [2.45, 2.75) is 31.1 Å². The Morgan fingerprint density at radius 1 is 1.13 bits per heavy atom. The van der Waals surface area contributed by atoms with E-state index in [1.165, 1.54) is 4.31 Å². The molecular weight excluding hydrogens is 420 g/mol. The van der Waals surface area contributed by atoms with E-state index in [4.69, 9.17) is 4.74 Å². The monoisotopic (exact) mass is 444 g/mol. The summed E-state index contributed by atoms with van der Waals surface area (Å²) in [4.78, 5) is 13.1. The van der Waals surface area contributed by atoms with Gasteiger partial charge in [-0.1, -0.05) is 18.2 Å². The molecule has 0 bridgehead atoms. The molecule has 158 valence electrons. The molecule has 0 radical (unpaired) electrons. The zero-order chi connectivity index (χ0) is 21.1. The summed E-state index contributed by atoms with van der Waals surface area (Å²) in [6.45, 7) is 4.16. The maximum Gasteiger partial charge on any atom is 0.250 e. The number of benzene rings is 2. The van der Waals surface area contributed by atoms with Crippen LogP contribution in [-0.4, -0.2) is 43.2 Å². The van der Waals surface area contributed by atoms with Crippen LogP contribution in [0.3, 0.4) is 0 Å². The molecular formula is C22H24N2O4S2. The number of carbonyl (C=O) groups excluding carboxylic acids is 1. The molecule has 1 amide bonds. The van der Waals surface area contributed by atoms with Gasteiger partial charge < -0.3 is 10.1 Å². The number of sulfonamides is 1. The van der Waals surface area contributed by atoms with Crippen molar-refractivity contribution in [3.63, 3.8) is 0 Å². The van der Waals surface area contributed by atoms with Gasteiger partial charge in [0.25, 0.3) is 0 Å². The summed E-state index contributed by atoms with van der Waals surface area (Å²) < 4.78 is 32.8. The SMILES string of the molecule is Cc1cccc(C)c1N1C[C@@H]2C[C@]2(C(=O)Nc2ccc(OC3CSC3)cc2)S1(=O)=O. The number of para-hydroxylation sites is 1. The molecule has 3 aliphatic rings. The number of carbonyl (C=O) groups is 1. The first-order valence-electron chi connectivity index (χ1n) is 10.1. The van der Waals surface area contributed by atoms with Crippen LogP contribution in [0.5, 0.6) is 5.75 Å². The molecule has 3 fully saturated rings. The van der Waals surface area contributed by atoms with Crippen molar-refractivity contribution in [3.8, 4) is 5.75 Å². The fraction of sp³-hybridized carbons (Fsp3) is 0.409. The van der Waals surface area contributed by atoms with Gasteiger partial charge in [0.1, 0.15) is 11.9 Å². The van der Waals surface area contributed by atoms with Gasteiger partial charge >= 0.3 is 0 Å². The molecule has 1 aliphatic carbocycles. The predicted molar refractivity (Wildman–Crippen MR) is 120 cm³/mol. The summed E-state index contributed by atoms with van der Waals surface area (Å²) in [5.41, 5.74) is 3.08. The second-order valence-electron chi connectivity index (χ2n) is 8.32. The largest absolute Gasteiger partial charge is 0.489 e. The van der Waals surface area contributed by atoms with Gasteiger partial charge in [-0.05, 0) is 55.7 Å². The van der Waals surface area contributed by atoms with Crippen LogP contribution in [0.4, 0.5) is 11.4 Å². The lowest BCUT2D eigenvalue weighted by Gasteiger charge is -2.26. The zero-order valence-corrected chi connectivity index (χ0v) is 18.6. The highest BCUT2D eigenvalue weighted by Gasteiger charge is 2.75. The molecule has 6 nitrogen and oxygen atoms in total. The number of ether oxygens (including phenoxy) is 1. The Labute approximate surface area is 181 Å². The van der Waals surface area contributed by atoms with E-state index in [1.54, 1.807) is 12.1 Å². The van der Waals surface area contributed by atoms with Gasteiger partial charge in [-0.15, -0.1) is 0 Å². The van der Waals surface area contributed by atoms with Gasteiger partial charge in [0.05, 0.1) is 5.69 Å². The van der Waals surface area contributed by atoms with Crippen molar-refractivity contribution in [1.82, 2.24) is 0 Å². The van der Waals surface area contributed by atoms with Crippen molar-refractivity contribution in [3.05, 3.63) is 53.6 Å². The number of hydrogen-bond donors (Lipinski definition) is 1. The highest BCUT2D eigenvalue weighted by Crippen LogP contribution is 2.59. The Kier molecular flexibility index (Phi) is 4.56. The molecule has 2 aromatic carbocycles. The van der Waals surface area contributed by atoms with Gasteiger partial charge in [-0.25, -0.2) is 8.42 Å². The lowest BCUT2D eigenvalue weighted by Crippen LogP contribution is -2.42. The van der Waals surface area contributed by atoms with E-state index < -0.39 is 20.7 Å². The van der Waals surface area contributed by atoms with E-state index in [2.05, 4.69) is 5.32 Å². The molecule has 0 aromatic heterocycles. The molecule has 2 aromatic rings. The van der Waals surface area contributed by atoms with Crippen LogP contribution in [-0.2, 0) is 14.8 Å². The second-order valence-corrected chi connectivity index (χ2v) is 11.5. The molecule has 30 heavy (non-hydrogen) atoms. The molecule has 1 saturated carbocycles. The quantitative estimate of drug-likeness (QED) is 0.766. The lowest BCUT2D eigenvalue weighted by atomic mass is 10.1. The molecule has 2 saturated heterocycles. The number of hydrogen-bond acceptors (Lipinski definition) is 5. The minimum atomic E-state index is -3.80. The van der Waals surface area contributed by atoms with Crippen LogP contribution in [0, 0.1) is 19.8 Å². The van der Waals surface area contributed by atoms with Gasteiger partial charge in [0.2, 0.25) is 15.9 Å². The summed E-state index contributed by atoms with van der Waals surface area (Å²) in [6.07, 6.45) is 0.629. The van der Waals surface area contributed by atoms with Crippen LogP contribution in [0.25, 0.3) is 0 Å². The van der Waals surface area contributed by atoms with E-state index >= 15 is 0 Å². The van der Waals surface area contributed by atoms with Crippen LogP contribution in [0.2, 0.25) is 0 Å². The number of nitrogens with zero attached hydrogens (tertiary/aromatic N) is 1. The third-order valence-electron chi connectivity index (χ3n) is 6.28. The first-order chi connectivity index (χ1) is 14.3. The fourth-order valence-electron chi connectivity index (χ4n) is 4.46. The first-order valence-corrected chi connectivity index (χ1v) is 12.7. The van der Waals surface area contributed by atoms with Crippen molar-refractivity contribution in [1.29, 1.82) is 0 Å². The minimum absolute atomic E-state index is 0.180. The topological polar surface area (TPSA) is 75.7 Å². The number of nitrogens with one attached hydrogen (secondary N) is 1. The Morgan fingerprint density at radius 2 is 1.80 bits per heavy atom. The normalized spacial score (nSPS) is 26.6. The van der Waals surface area contributed by atoms with Crippen molar-refractivity contribution < 1.29 is 17.9 Å². The summed E-state index contributed by atoms with van der Waals surface area (Å²) >= 11 is 1.85. The Morgan fingerprint density at radius 3 is 2.40 bits per heavy atom. The number of rotatable bonds is 5. The Balaban J connectivity index is 1.35. The van der Waals surface area contributed by atoms with Gasteiger partial charge in [-0.3, -0.25) is 9.10 Å². The average Bonchev–Trinajstić information content (AvgIpc) is 3.36. The first kappa shape index (κ1) is 19.8. The van der Waals surface area contributed by atoms with E-state index in [1.807, 2.05) is 55.9 Å². The van der Waals surface area contributed by atoms with Crippen molar-refractivity contribution in [2.24, 2.45) is 5.92 Å². The number of anilines is 2. The number of amides is 1. The Bertz CT molecular complexity index is 1090. The third kappa shape index (κ3) is 2.92. The van der Waals surface area contributed by atoms with E-state index in [-0.39, 0.29) is 12.0 Å². The van der Waals surface area contributed by atoms with E-state index in [0.29, 0.717) is 24.3 Å². The lowest BCUT2D eigenvalue weighted by molar-refractivity contribution is -0.116. The second kappa shape index (κ2) is 6.92. The molecule has 2 heterocycles. The summed E-state index contributed by atoms with van der Waals surface area (Å²) in [5, 5.41) is 2.83. The Hall–Kier alpha value is -2.19. The van der Waals surface area contributed by atoms with Crippen LogP contribution in [0.1, 0.15) is 17.5 Å². The standard InChI is InChI=1S/C22H24N2O4S2/c1-14-4-3-5-15(2)20(14)24-11-16-10-22(16,30(24,26)27)21(25)23-17-6-8-18(9-7-17)28-19-12-29-13-19/h3-9,16,19H,10-13H2,1-2H3,(H,23,25)/t16-,22-/m0/s1. The highest BCUT2D eigenvalue weighted by molar-refractivity contribution is 8.00. The molecule has 2 aliphatic heterocycles. The highest BCUT2D eigenvalue weighted by atomic mass is 32.2. The van der Waals surface area contributed by atoms with Gasteiger partial charge in [0, 0.05) is 29.7 Å². The number of thioether (sulfide) groups is 1. The van der Waals surface area contributed by atoms with Gasteiger partial charge in [-0.2, -0.15) is 11.8 Å².